The second-order valence-corrected chi connectivity index (χ2v) is 5.71. The number of hydrogen-bond donors (Lipinski definition) is 0. The third-order valence-corrected chi connectivity index (χ3v) is 4.31. The van der Waals surface area contributed by atoms with Crippen LogP contribution in [0, 0.1) is 28.1 Å². The monoisotopic (exact) mass is 292 g/mol. The molecule has 1 aliphatic carbocycles. The van der Waals surface area contributed by atoms with Crippen LogP contribution in [0.25, 0.3) is 0 Å². The second-order valence-electron chi connectivity index (χ2n) is 5.71. The quantitative estimate of drug-likeness (QED) is 0.813. The summed E-state index contributed by atoms with van der Waals surface area (Å²) in [4.78, 5) is 12.8. The maximum atomic E-state index is 12.8. The normalized spacial score (nSPS) is 19.8. The molecule has 0 radical (unpaired) electrons. The predicted molar refractivity (Wildman–Crippen MR) is 84.7 cm³/mol. The van der Waals surface area contributed by atoms with Crippen molar-refractivity contribution >= 4 is 5.78 Å². The van der Waals surface area contributed by atoms with Crippen LogP contribution in [0.4, 0.5) is 0 Å². The highest BCUT2D eigenvalue weighted by molar-refractivity contribution is 6.08. The molecule has 0 aromatic heterocycles. The van der Waals surface area contributed by atoms with Gasteiger partial charge < -0.3 is 0 Å². The van der Waals surface area contributed by atoms with Gasteiger partial charge in [0.25, 0.3) is 0 Å². The average Bonchev–Trinajstić information content (AvgIpc) is 2.78. The lowest BCUT2D eigenvalue weighted by molar-refractivity contribution is -0.119. The largest absolute Gasteiger partial charge is 0.291 e. The third-order valence-electron chi connectivity index (χ3n) is 4.31. The predicted octanol–water partition coefficient (Wildman–Crippen LogP) is 4.28. The summed E-state index contributed by atoms with van der Waals surface area (Å²) in [6, 6.07) is 13.6. The van der Waals surface area contributed by atoms with Gasteiger partial charge in [-0.15, -0.1) is 0 Å². The zero-order valence-corrected chi connectivity index (χ0v) is 13.1. The van der Waals surface area contributed by atoms with Crippen molar-refractivity contribution in [3.05, 3.63) is 47.0 Å². The first-order valence-electron chi connectivity index (χ1n) is 7.80. The number of nitrogens with zero attached hydrogens (tertiary/aromatic N) is 2. The summed E-state index contributed by atoms with van der Waals surface area (Å²) >= 11 is 0. The van der Waals surface area contributed by atoms with Gasteiger partial charge >= 0.3 is 0 Å². The molecule has 1 unspecified atom stereocenters. The Hall–Kier alpha value is -2.39. The van der Waals surface area contributed by atoms with E-state index in [0.29, 0.717) is 12.0 Å². The van der Waals surface area contributed by atoms with E-state index in [1.807, 2.05) is 49.4 Å². The van der Waals surface area contributed by atoms with Crippen molar-refractivity contribution < 1.29 is 4.79 Å². The number of Topliss-reactive ketones (excluding diaryl/α,β-unsaturated/α-hetero) is 1. The summed E-state index contributed by atoms with van der Waals surface area (Å²) in [5.74, 6) is -0.714. The van der Waals surface area contributed by atoms with Crippen molar-refractivity contribution in [3.63, 3.8) is 0 Å². The minimum Gasteiger partial charge on any atom is -0.291 e. The molecule has 0 aliphatic heterocycles. The first kappa shape index (κ1) is 16.0. The molecule has 112 valence electrons. The van der Waals surface area contributed by atoms with Gasteiger partial charge in [-0.1, -0.05) is 62.6 Å². The van der Waals surface area contributed by atoms with E-state index in [0.717, 1.165) is 30.4 Å². The van der Waals surface area contributed by atoms with Crippen LogP contribution in [-0.2, 0) is 4.79 Å². The molecule has 3 heteroatoms. The van der Waals surface area contributed by atoms with E-state index >= 15 is 0 Å². The van der Waals surface area contributed by atoms with Gasteiger partial charge in [-0.25, -0.2) is 0 Å². The molecule has 0 amide bonds. The summed E-state index contributed by atoms with van der Waals surface area (Å²) in [5.41, 5.74) is 0.981. The Labute approximate surface area is 131 Å². The van der Waals surface area contributed by atoms with Crippen molar-refractivity contribution in [1.29, 1.82) is 10.5 Å². The third kappa shape index (κ3) is 2.34. The first-order valence-corrected chi connectivity index (χ1v) is 7.80. The molecule has 1 aromatic rings. The molecule has 0 N–H and O–H groups in total. The Bertz CT molecular complexity index is 660. The summed E-state index contributed by atoms with van der Waals surface area (Å²) in [6.45, 7) is 4.07. The standard InChI is InChI=1S/C19H20N2O/c1-3-8-15-16(9-4-2)18(22)19(12-20,13-21)17(15)14-10-6-5-7-11-14/h5-7,10-11,17H,3-4,8-9H2,1-2H3. The van der Waals surface area contributed by atoms with Crippen LogP contribution in [0.3, 0.4) is 0 Å². The molecular formula is C19H20N2O. The van der Waals surface area contributed by atoms with Crippen molar-refractivity contribution in [3.8, 4) is 12.1 Å². The zero-order chi connectivity index (χ0) is 16.2. The Morgan fingerprint density at radius 2 is 1.64 bits per heavy atom. The number of nitriles is 2. The first-order chi connectivity index (χ1) is 10.7. The highest BCUT2D eigenvalue weighted by atomic mass is 16.1. The van der Waals surface area contributed by atoms with E-state index in [1.165, 1.54) is 0 Å². The fourth-order valence-electron chi connectivity index (χ4n) is 3.39. The Morgan fingerprint density at radius 3 is 2.14 bits per heavy atom. The molecule has 2 rings (SSSR count). The highest BCUT2D eigenvalue weighted by Gasteiger charge is 2.55. The molecule has 1 aromatic carbocycles. The van der Waals surface area contributed by atoms with E-state index in [-0.39, 0.29) is 5.78 Å². The lowest BCUT2D eigenvalue weighted by atomic mass is 9.72. The van der Waals surface area contributed by atoms with E-state index in [9.17, 15) is 15.3 Å². The zero-order valence-electron chi connectivity index (χ0n) is 13.1. The number of carbonyl (C=O) groups is 1. The van der Waals surface area contributed by atoms with Crippen LogP contribution in [0.1, 0.15) is 51.0 Å². The van der Waals surface area contributed by atoms with Crippen LogP contribution >= 0.6 is 0 Å². The molecule has 3 nitrogen and oxygen atoms in total. The minimum absolute atomic E-state index is 0.281. The van der Waals surface area contributed by atoms with E-state index in [1.54, 1.807) is 0 Å². The van der Waals surface area contributed by atoms with Crippen molar-refractivity contribution in [1.82, 2.24) is 0 Å². The summed E-state index contributed by atoms with van der Waals surface area (Å²) in [5, 5.41) is 19.3. The minimum atomic E-state index is -1.60. The fourth-order valence-corrected chi connectivity index (χ4v) is 3.39. The molecule has 1 aliphatic rings. The molecule has 0 saturated heterocycles. The average molecular weight is 292 g/mol. The van der Waals surface area contributed by atoms with Crippen LogP contribution in [0.5, 0.6) is 0 Å². The Balaban J connectivity index is 2.69. The van der Waals surface area contributed by atoms with E-state index < -0.39 is 11.3 Å². The maximum absolute atomic E-state index is 12.8. The molecule has 0 fully saturated rings. The molecule has 0 saturated carbocycles. The summed E-state index contributed by atoms with van der Waals surface area (Å²) < 4.78 is 0. The van der Waals surface area contributed by atoms with Gasteiger partial charge in [0.05, 0.1) is 12.1 Å². The van der Waals surface area contributed by atoms with Crippen LogP contribution in [0.2, 0.25) is 0 Å². The maximum Gasteiger partial charge on any atom is 0.216 e. The molecule has 1 atom stereocenters. The highest BCUT2D eigenvalue weighted by Crippen LogP contribution is 2.52. The summed E-state index contributed by atoms with van der Waals surface area (Å²) in [6.07, 6.45) is 3.13. The Morgan fingerprint density at radius 1 is 1.05 bits per heavy atom. The van der Waals surface area contributed by atoms with Gasteiger partial charge in [-0.3, -0.25) is 4.79 Å². The van der Waals surface area contributed by atoms with Gasteiger partial charge in [0.1, 0.15) is 0 Å². The number of allylic oxidation sites excluding steroid dienone is 2. The molecule has 0 bridgehead atoms. The van der Waals surface area contributed by atoms with Crippen LogP contribution < -0.4 is 0 Å². The molecule has 0 heterocycles. The van der Waals surface area contributed by atoms with Gasteiger partial charge in [0.2, 0.25) is 5.41 Å². The SMILES string of the molecule is CCCC1=C(CCC)C(c2ccccc2)C(C#N)(C#N)C1=O. The second kappa shape index (κ2) is 6.58. The number of ketones is 1. The van der Waals surface area contributed by atoms with Crippen LogP contribution in [-0.4, -0.2) is 5.78 Å². The number of hydrogen-bond acceptors (Lipinski definition) is 3. The topological polar surface area (TPSA) is 64.7 Å². The molecule has 0 spiro atoms. The van der Waals surface area contributed by atoms with Crippen molar-refractivity contribution in [2.45, 2.75) is 45.4 Å². The van der Waals surface area contributed by atoms with E-state index in [2.05, 4.69) is 6.92 Å². The number of rotatable bonds is 5. The lowest BCUT2D eigenvalue weighted by Gasteiger charge is -2.23. The van der Waals surface area contributed by atoms with Gasteiger partial charge in [-0.05, 0) is 24.0 Å². The van der Waals surface area contributed by atoms with Gasteiger partial charge in [0, 0.05) is 5.92 Å². The number of carbonyl (C=O) groups excluding carboxylic acids is 1. The number of benzene rings is 1. The lowest BCUT2D eigenvalue weighted by Crippen LogP contribution is -2.30. The van der Waals surface area contributed by atoms with Crippen LogP contribution in [0.15, 0.2) is 41.5 Å². The van der Waals surface area contributed by atoms with Gasteiger partial charge in [-0.2, -0.15) is 10.5 Å². The van der Waals surface area contributed by atoms with Gasteiger partial charge in [0.15, 0.2) is 5.78 Å². The molecule has 22 heavy (non-hydrogen) atoms. The smallest absolute Gasteiger partial charge is 0.216 e. The van der Waals surface area contributed by atoms with E-state index in [4.69, 9.17) is 0 Å². The molecular weight excluding hydrogens is 272 g/mol. The fraction of sp³-hybridized carbons (Fsp3) is 0.421. The van der Waals surface area contributed by atoms with Crippen molar-refractivity contribution in [2.75, 3.05) is 0 Å². The Kier molecular flexibility index (Phi) is 4.78. The summed E-state index contributed by atoms with van der Waals surface area (Å²) in [7, 11) is 0. The van der Waals surface area contributed by atoms with Crippen molar-refractivity contribution in [2.24, 2.45) is 5.41 Å².